The van der Waals surface area contributed by atoms with Crippen LogP contribution in [0.2, 0.25) is 0 Å². The summed E-state index contributed by atoms with van der Waals surface area (Å²) in [5.41, 5.74) is 4.19. The molecule has 118 valence electrons. The standard InChI is InChI=1S/C19H31NO/c1-6-19(7-2)13-18(8-9-21-19)20-16(5)17-11-14(3)10-15(4)12-17/h10-12,16,18,20H,6-9,13H2,1-5H3. The van der Waals surface area contributed by atoms with Crippen molar-refractivity contribution in [2.75, 3.05) is 6.61 Å². The maximum Gasteiger partial charge on any atom is 0.0692 e. The van der Waals surface area contributed by atoms with Crippen molar-refractivity contribution in [2.45, 2.75) is 78.0 Å². The topological polar surface area (TPSA) is 21.3 Å². The molecule has 2 heteroatoms. The predicted octanol–water partition coefficient (Wildman–Crippen LogP) is 4.69. The van der Waals surface area contributed by atoms with Crippen LogP contribution in [0.4, 0.5) is 0 Å². The van der Waals surface area contributed by atoms with Gasteiger partial charge in [0.25, 0.3) is 0 Å². The van der Waals surface area contributed by atoms with E-state index in [2.05, 4.69) is 58.1 Å². The van der Waals surface area contributed by atoms with Gasteiger partial charge in [-0.3, -0.25) is 0 Å². The zero-order valence-corrected chi connectivity index (χ0v) is 14.3. The van der Waals surface area contributed by atoms with Crippen LogP contribution >= 0.6 is 0 Å². The third-order valence-corrected chi connectivity index (χ3v) is 5.01. The largest absolute Gasteiger partial charge is 0.375 e. The van der Waals surface area contributed by atoms with E-state index in [-0.39, 0.29) is 5.60 Å². The van der Waals surface area contributed by atoms with Gasteiger partial charge in [0.2, 0.25) is 0 Å². The van der Waals surface area contributed by atoms with Gasteiger partial charge < -0.3 is 10.1 Å². The van der Waals surface area contributed by atoms with Crippen LogP contribution in [0.1, 0.15) is 69.2 Å². The van der Waals surface area contributed by atoms with Crippen LogP contribution in [0, 0.1) is 13.8 Å². The van der Waals surface area contributed by atoms with Crippen molar-refractivity contribution >= 4 is 0 Å². The number of aryl methyl sites for hydroxylation is 2. The molecule has 2 rings (SSSR count). The molecule has 0 spiro atoms. The molecule has 1 N–H and O–H groups in total. The second kappa shape index (κ2) is 6.93. The van der Waals surface area contributed by atoms with E-state index in [1.54, 1.807) is 0 Å². The fourth-order valence-electron chi connectivity index (χ4n) is 3.62. The number of hydrogen-bond donors (Lipinski definition) is 1. The molecule has 1 aliphatic heterocycles. The molecule has 1 aromatic rings. The van der Waals surface area contributed by atoms with Crippen molar-refractivity contribution in [3.63, 3.8) is 0 Å². The summed E-state index contributed by atoms with van der Waals surface area (Å²) in [5.74, 6) is 0. The zero-order chi connectivity index (χ0) is 15.5. The molecule has 0 saturated carbocycles. The fourth-order valence-corrected chi connectivity index (χ4v) is 3.62. The molecule has 21 heavy (non-hydrogen) atoms. The minimum Gasteiger partial charge on any atom is -0.375 e. The van der Waals surface area contributed by atoms with Crippen LogP contribution in [0.25, 0.3) is 0 Å². The average Bonchev–Trinajstić information content (AvgIpc) is 2.46. The van der Waals surface area contributed by atoms with Gasteiger partial charge >= 0.3 is 0 Å². The van der Waals surface area contributed by atoms with E-state index in [9.17, 15) is 0 Å². The van der Waals surface area contributed by atoms with E-state index in [4.69, 9.17) is 4.74 Å². The van der Waals surface area contributed by atoms with Crippen molar-refractivity contribution in [1.29, 1.82) is 0 Å². The summed E-state index contributed by atoms with van der Waals surface area (Å²) in [6, 6.07) is 7.81. The molecule has 1 aromatic carbocycles. The second-order valence-corrected chi connectivity index (χ2v) is 6.74. The van der Waals surface area contributed by atoms with E-state index in [1.807, 2.05) is 0 Å². The van der Waals surface area contributed by atoms with Crippen LogP contribution in [-0.4, -0.2) is 18.2 Å². The molecule has 2 atom stereocenters. The van der Waals surface area contributed by atoms with E-state index in [0.717, 1.165) is 32.3 Å². The Morgan fingerprint density at radius 2 is 1.81 bits per heavy atom. The highest BCUT2D eigenvalue weighted by molar-refractivity contribution is 5.30. The fraction of sp³-hybridized carbons (Fsp3) is 0.684. The highest BCUT2D eigenvalue weighted by atomic mass is 16.5. The molecule has 1 aliphatic rings. The third-order valence-electron chi connectivity index (χ3n) is 5.01. The quantitative estimate of drug-likeness (QED) is 0.849. The summed E-state index contributed by atoms with van der Waals surface area (Å²) in [5, 5.41) is 3.83. The van der Waals surface area contributed by atoms with Gasteiger partial charge in [-0.25, -0.2) is 0 Å². The molecular weight excluding hydrogens is 258 g/mol. The number of ether oxygens (including phenoxy) is 1. The predicted molar refractivity (Wildman–Crippen MR) is 89.8 cm³/mol. The van der Waals surface area contributed by atoms with Crippen LogP contribution in [0.15, 0.2) is 18.2 Å². The van der Waals surface area contributed by atoms with Gasteiger partial charge in [0.1, 0.15) is 0 Å². The van der Waals surface area contributed by atoms with Gasteiger partial charge in [0, 0.05) is 18.7 Å². The Hall–Kier alpha value is -0.860. The molecule has 0 aromatic heterocycles. The van der Waals surface area contributed by atoms with Gasteiger partial charge in [-0.15, -0.1) is 0 Å². The van der Waals surface area contributed by atoms with Crippen molar-refractivity contribution in [1.82, 2.24) is 5.32 Å². The Bertz CT molecular complexity index is 444. The minimum atomic E-state index is 0.0954. The Balaban J connectivity index is 2.03. The lowest BCUT2D eigenvalue weighted by atomic mass is 9.85. The van der Waals surface area contributed by atoms with Crippen molar-refractivity contribution in [2.24, 2.45) is 0 Å². The molecule has 1 fully saturated rings. The second-order valence-electron chi connectivity index (χ2n) is 6.74. The van der Waals surface area contributed by atoms with Gasteiger partial charge in [0.05, 0.1) is 5.60 Å². The first-order valence-electron chi connectivity index (χ1n) is 8.46. The molecule has 0 aliphatic carbocycles. The highest BCUT2D eigenvalue weighted by Gasteiger charge is 2.34. The normalized spacial score (nSPS) is 23.0. The van der Waals surface area contributed by atoms with E-state index >= 15 is 0 Å². The van der Waals surface area contributed by atoms with Crippen LogP contribution in [0.3, 0.4) is 0 Å². The Kier molecular flexibility index (Phi) is 5.45. The summed E-state index contributed by atoms with van der Waals surface area (Å²) in [6.07, 6.45) is 4.48. The molecule has 0 amide bonds. The number of benzene rings is 1. The first-order valence-corrected chi connectivity index (χ1v) is 8.46. The molecule has 1 saturated heterocycles. The van der Waals surface area contributed by atoms with Crippen molar-refractivity contribution in [3.05, 3.63) is 34.9 Å². The maximum atomic E-state index is 6.08. The number of hydrogen-bond acceptors (Lipinski definition) is 2. The van der Waals surface area contributed by atoms with Crippen molar-refractivity contribution in [3.8, 4) is 0 Å². The third kappa shape index (κ3) is 4.08. The average molecular weight is 289 g/mol. The lowest BCUT2D eigenvalue weighted by Crippen LogP contribution is -2.47. The van der Waals surface area contributed by atoms with Gasteiger partial charge in [-0.05, 0) is 52.0 Å². The molecular formula is C19H31NO. The van der Waals surface area contributed by atoms with Gasteiger partial charge in [0.15, 0.2) is 0 Å². The van der Waals surface area contributed by atoms with Crippen LogP contribution < -0.4 is 5.32 Å². The van der Waals surface area contributed by atoms with Crippen LogP contribution in [-0.2, 0) is 4.74 Å². The van der Waals surface area contributed by atoms with E-state index in [1.165, 1.54) is 16.7 Å². The summed E-state index contributed by atoms with van der Waals surface area (Å²) < 4.78 is 6.08. The summed E-state index contributed by atoms with van der Waals surface area (Å²) >= 11 is 0. The molecule has 1 heterocycles. The zero-order valence-electron chi connectivity index (χ0n) is 14.3. The Morgan fingerprint density at radius 1 is 1.19 bits per heavy atom. The summed E-state index contributed by atoms with van der Waals surface area (Å²) in [4.78, 5) is 0. The molecule has 2 nitrogen and oxygen atoms in total. The van der Waals surface area contributed by atoms with Gasteiger partial charge in [-0.2, -0.15) is 0 Å². The minimum absolute atomic E-state index is 0.0954. The maximum absolute atomic E-state index is 6.08. The smallest absolute Gasteiger partial charge is 0.0692 e. The first kappa shape index (κ1) is 16.5. The van der Waals surface area contributed by atoms with E-state index in [0.29, 0.717) is 12.1 Å². The monoisotopic (exact) mass is 289 g/mol. The highest BCUT2D eigenvalue weighted by Crippen LogP contribution is 2.32. The SMILES string of the molecule is CCC1(CC)CC(NC(C)c2cc(C)cc(C)c2)CCO1. The number of rotatable bonds is 5. The van der Waals surface area contributed by atoms with E-state index < -0.39 is 0 Å². The van der Waals surface area contributed by atoms with Crippen molar-refractivity contribution < 1.29 is 4.74 Å². The molecule has 0 bridgehead atoms. The van der Waals surface area contributed by atoms with Gasteiger partial charge in [-0.1, -0.05) is 43.2 Å². The summed E-state index contributed by atoms with van der Waals surface area (Å²) in [7, 11) is 0. The number of nitrogens with one attached hydrogen (secondary N) is 1. The van der Waals surface area contributed by atoms with Crippen LogP contribution in [0.5, 0.6) is 0 Å². The first-order chi connectivity index (χ1) is 9.98. The molecule has 2 unspecified atom stereocenters. The Morgan fingerprint density at radius 3 is 2.38 bits per heavy atom. The lowest BCUT2D eigenvalue weighted by Gasteiger charge is -2.41. The Labute approximate surface area is 130 Å². The lowest BCUT2D eigenvalue weighted by molar-refractivity contribution is -0.0939. The summed E-state index contributed by atoms with van der Waals surface area (Å²) in [6.45, 7) is 12.0. The molecule has 0 radical (unpaired) electrons.